The number of rotatable bonds is 1. The number of nitrogens with one attached hydrogen (secondary N) is 2. The minimum atomic E-state index is -0.630. The van der Waals surface area contributed by atoms with Gasteiger partial charge >= 0.3 is 11.8 Å². The molecule has 0 saturated carbocycles. The lowest BCUT2D eigenvalue weighted by atomic mass is 10.3. The van der Waals surface area contributed by atoms with Crippen molar-refractivity contribution in [3.8, 4) is 0 Å². The highest BCUT2D eigenvalue weighted by Gasteiger charge is 2.27. The first kappa shape index (κ1) is 9.14. The summed E-state index contributed by atoms with van der Waals surface area (Å²) in [6.45, 7) is 1.87. The topological polar surface area (TPSA) is 73.8 Å². The summed E-state index contributed by atoms with van der Waals surface area (Å²) in [6, 6.07) is 0.175. The van der Waals surface area contributed by atoms with Gasteiger partial charge in [0.2, 0.25) is 5.96 Å². The van der Waals surface area contributed by atoms with E-state index in [1.807, 2.05) is 7.05 Å². The Balaban J connectivity index is 1.99. The summed E-state index contributed by atoms with van der Waals surface area (Å²) in [4.78, 5) is 28.0. The normalized spacial score (nSPS) is 27.8. The van der Waals surface area contributed by atoms with Crippen molar-refractivity contribution >= 4 is 17.8 Å². The zero-order valence-corrected chi connectivity index (χ0v) is 7.91. The minimum Gasteiger partial charge on any atom is -0.304 e. The Kier molecular flexibility index (Phi) is 2.20. The molecule has 2 saturated heterocycles. The van der Waals surface area contributed by atoms with Gasteiger partial charge in [0.05, 0.1) is 6.04 Å². The van der Waals surface area contributed by atoms with Gasteiger partial charge in [0, 0.05) is 6.54 Å². The Morgan fingerprint density at radius 2 is 2.00 bits per heavy atom. The molecule has 2 aliphatic heterocycles. The van der Waals surface area contributed by atoms with Crippen molar-refractivity contribution in [1.82, 2.24) is 15.5 Å². The highest BCUT2D eigenvalue weighted by atomic mass is 16.2. The molecule has 76 valence electrons. The fourth-order valence-electron chi connectivity index (χ4n) is 1.62. The number of likely N-dealkylation sites (tertiary alicyclic amines) is 1. The third kappa shape index (κ3) is 1.74. The van der Waals surface area contributed by atoms with Crippen molar-refractivity contribution in [3.63, 3.8) is 0 Å². The van der Waals surface area contributed by atoms with E-state index in [2.05, 4.69) is 20.5 Å². The lowest BCUT2D eigenvalue weighted by Crippen LogP contribution is -2.28. The minimum absolute atomic E-state index is 0.175. The number of amides is 2. The molecule has 6 heteroatoms. The third-order valence-electron chi connectivity index (χ3n) is 2.35. The van der Waals surface area contributed by atoms with Crippen LogP contribution in [0.4, 0.5) is 0 Å². The Morgan fingerprint density at radius 1 is 1.36 bits per heavy atom. The van der Waals surface area contributed by atoms with E-state index < -0.39 is 11.8 Å². The highest BCUT2D eigenvalue weighted by Crippen LogP contribution is 2.09. The quantitative estimate of drug-likeness (QED) is 0.490. The van der Waals surface area contributed by atoms with Crippen LogP contribution in [0.5, 0.6) is 0 Å². The first-order chi connectivity index (χ1) is 6.65. The Bertz CT molecular complexity index is 294. The monoisotopic (exact) mass is 196 g/mol. The van der Waals surface area contributed by atoms with E-state index >= 15 is 0 Å². The van der Waals surface area contributed by atoms with Crippen LogP contribution in [-0.4, -0.2) is 48.9 Å². The molecule has 0 aromatic rings. The van der Waals surface area contributed by atoms with Gasteiger partial charge in [0.15, 0.2) is 0 Å². The zero-order chi connectivity index (χ0) is 10.1. The molecule has 0 aromatic heterocycles. The van der Waals surface area contributed by atoms with Crippen LogP contribution in [0.1, 0.15) is 6.42 Å². The SMILES string of the molecule is CN1CCC(N=C2NC(=O)C(=O)N2)C1. The molecule has 0 spiro atoms. The van der Waals surface area contributed by atoms with Crippen LogP contribution in [0.25, 0.3) is 0 Å². The Morgan fingerprint density at radius 3 is 2.50 bits per heavy atom. The second kappa shape index (κ2) is 3.38. The third-order valence-corrected chi connectivity index (χ3v) is 2.35. The smallest absolute Gasteiger partial charge is 0.304 e. The number of carbonyl (C=O) groups excluding carboxylic acids is 2. The highest BCUT2D eigenvalue weighted by molar-refractivity contribution is 6.45. The van der Waals surface area contributed by atoms with E-state index in [9.17, 15) is 9.59 Å². The number of aliphatic imine (C=N–C) groups is 1. The number of hydrogen-bond acceptors (Lipinski definition) is 4. The van der Waals surface area contributed by atoms with Crippen LogP contribution in [0.15, 0.2) is 4.99 Å². The van der Waals surface area contributed by atoms with Crippen LogP contribution in [0.3, 0.4) is 0 Å². The van der Waals surface area contributed by atoms with Gasteiger partial charge in [-0.05, 0) is 20.0 Å². The van der Waals surface area contributed by atoms with Crippen molar-refractivity contribution in [1.29, 1.82) is 0 Å². The van der Waals surface area contributed by atoms with E-state index in [1.165, 1.54) is 0 Å². The maximum absolute atomic E-state index is 10.8. The number of likely N-dealkylation sites (N-methyl/N-ethyl adjacent to an activating group) is 1. The number of carbonyl (C=O) groups is 2. The largest absolute Gasteiger partial charge is 0.316 e. The van der Waals surface area contributed by atoms with Gasteiger partial charge in [-0.25, -0.2) is 4.99 Å². The van der Waals surface area contributed by atoms with Crippen molar-refractivity contribution in [3.05, 3.63) is 0 Å². The molecule has 2 aliphatic rings. The second-order valence-electron chi connectivity index (χ2n) is 3.59. The molecule has 2 amide bonds. The fraction of sp³-hybridized carbons (Fsp3) is 0.625. The van der Waals surface area contributed by atoms with Crippen LogP contribution in [0, 0.1) is 0 Å². The summed E-state index contributed by atoms with van der Waals surface area (Å²) in [6.07, 6.45) is 0.964. The molecule has 14 heavy (non-hydrogen) atoms. The average Bonchev–Trinajstić information content (AvgIpc) is 2.62. The van der Waals surface area contributed by atoms with Crippen molar-refractivity contribution in [2.75, 3.05) is 20.1 Å². The molecule has 6 nitrogen and oxygen atoms in total. The van der Waals surface area contributed by atoms with Crippen molar-refractivity contribution in [2.45, 2.75) is 12.5 Å². The van der Waals surface area contributed by atoms with Gasteiger partial charge in [-0.3, -0.25) is 20.2 Å². The first-order valence-electron chi connectivity index (χ1n) is 4.54. The lowest BCUT2D eigenvalue weighted by molar-refractivity contribution is -0.135. The molecule has 1 unspecified atom stereocenters. The molecule has 2 N–H and O–H groups in total. The number of hydrogen-bond donors (Lipinski definition) is 2. The van der Waals surface area contributed by atoms with Crippen molar-refractivity contribution in [2.24, 2.45) is 4.99 Å². The van der Waals surface area contributed by atoms with E-state index in [4.69, 9.17) is 0 Å². The molecule has 2 rings (SSSR count). The molecule has 0 radical (unpaired) electrons. The van der Waals surface area contributed by atoms with Gasteiger partial charge in [-0.1, -0.05) is 0 Å². The summed E-state index contributed by atoms with van der Waals surface area (Å²) in [5, 5.41) is 4.75. The Hall–Kier alpha value is -1.43. The molecule has 2 heterocycles. The molecule has 2 fully saturated rings. The second-order valence-corrected chi connectivity index (χ2v) is 3.59. The van der Waals surface area contributed by atoms with Crippen LogP contribution >= 0.6 is 0 Å². The first-order valence-corrected chi connectivity index (χ1v) is 4.54. The summed E-state index contributed by atoms with van der Waals surface area (Å²) >= 11 is 0. The molecule has 0 aliphatic carbocycles. The summed E-state index contributed by atoms with van der Waals surface area (Å²) < 4.78 is 0. The summed E-state index contributed by atoms with van der Waals surface area (Å²) in [5.74, 6) is -0.967. The molecule has 1 atom stereocenters. The molecule has 0 bridgehead atoms. The average molecular weight is 196 g/mol. The Labute approximate surface area is 81.4 Å². The maximum atomic E-state index is 10.8. The van der Waals surface area contributed by atoms with Crippen LogP contribution < -0.4 is 10.6 Å². The summed E-state index contributed by atoms with van der Waals surface area (Å²) in [5.41, 5.74) is 0. The molecular weight excluding hydrogens is 184 g/mol. The van der Waals surface area contributed by atoms with Crippen LogP contribution in [-0.2, 0) is 9.59 Å². The maximum Gasteiger partial charge on any atom is 0.316 e. The standard InChI is InChI=1S/C8H12N4O2/c1-12-3-2-5(4-12)9-8-10-6(13)7(14)11-8/h5H,2-4H2,1H3,(H2,9,10,11,13,14). The fourth-order valence-corrected chi connectivity index (χ4v) is 1.62. The van der Waals surface area contributed by atoms with Gasteiger partial charge in [-0.15, -0.1) is 0 Å². The molecule has 0 aromatic carbocycles. The zero-order valence-electron chi connectivity index (χ0n) is 7.91. The number of guanidine groups is 1. The van der Waals surface area contributed by atoms with Gasteiger partial charge in [0.1, 0.15) is 0 Å². The lowest BCUT2D eigenvalue weighted by Gasteiger charge is -2.06. The predicted octanol–water partition coefficient (Wildman–Crippen LogP) is -1.71. The molecular formula is C8H12N4O2. The predicted molar refractivity (Wildman–Crippen MR) is 49.6 cm³/mol. The summed E-state index contributed by atoms with van der Waals surface area (Å²) in [7, 11) is 2.02. The van der Waals surface area contributed by atoms with Crippen LogP contribution in [0.2, 0.25) is 0 Å². The van der Waals surface area contributed by atoms with Crippen molar-refractivity contribution < 1.29 is 9.59 Å². The van der Waals surface area contributed by atoms with Gasteiger partial charge < -0.3 is 4.90 Å². The number of nitrogens with zero attached hydrogens (tertiary/aromatic N) is 2. The van der Waals surface area contributed by atoms with E-state index in [-0.39, 0.29) is 6.04 Å². The van der Waals surface area contributed by atoms with Gasteiger partial charge in [0.25, 0.3) is 0 Å². The van der Waals surface area contributed by atoms with Gasteiger partial charge in [-0.2, -0.15) is 0 Å². The van der Waals surface area contributed by atoms with E-state index in [0.717, 1.165) is 19.5 Å². The van der Waals surface area contributed by atoms with E-state index in [1.54, 1.807) is 0 Å². The van der Waals surface area contributed by atoms with E-state index in [0.29, 0.717) is 5.96 Å².